The Morgan fingerprint density at radius 3 is 2.45 bits per heavy atom. The highest BCUT2D eigenvalue weighted by Crippen LogP contribution is 2.34. The van der Waals surface area contributed by atoms with E-state index in [1.807, 2.05) is 0 Å². The minimum absolute atomic E-state index is 0.0221. The summed E-state index contributed by atoms with van der Waals surface area (Å²) in [6.07, 6.45) is 0. The zero-order valence-electron chi connectivity index (χ0n) is 9.66. The number of benzene rings is 2. The fraction of sp³-hybridized carbons (Fsp3) is 0. The van der Waals surface area contributed by atoms with Crippen LogP contribution in [-0.4, -0.2) is 11.1 Å². The molecule has 0 aliphatic rings. The van der Waals surface area contributed by atoms with Gasteiger partial charge >= 0.3 is 5.97 Å². The average molecular weight is 364 g/mol. The minimum atomic E-state index is -1.26. The van der Waals surface area contributed by atoms with Gasteiger partial charge in [-0.25, -0.2) is 13.6 Å². The first-order chi connectivity index (χ1) is 9.38. The Labute approximate surface area is 125 Å². The topological polar surface area (TPSA) is 46.5 Å². The summed E-state index contributed by atoms with van der Waals surface area (Å²) in [4.78, 5) is 10.7. The van der Waals surface area contributed by atoms with E-state index in [0.29, 0.717) is 4.47 Å². The van der Waals surface area contributed by atoms with Gasteiger partial charge in [-0.3, -0.25) is 0 Å². The molecule has 3 nitrogen and oxygen atoms in total. The molecule has 0 radical (unpaired) electrons. The van der Waals surface area contributed by atoms with Gasteiger partial charge in [-0.15, -0.1) is 0 Å². The van der Waals surface area contributed by atoms with Crippen molar-refractivity contribution in [3.63, 3.8) is 0 Å². The lowest BCUT2D eigenvalue weighted by molar-refractivity contribution is 0.0696. The van der Waals surface area contributed by atoms with Crippen molar-refractivity contribution in [3.05, 3.63) is 57.0 Å². The van der Waals surface area contributed by atoms with Crippen LogP contribution in [0.15, 0.2) is 34.8 Å². The van der Waals surface area contributed by atoms with E-state index in [-0.39, 0.29) is 22.1 Å². The van der Waals surface area contributed by atoms with Crippen LogP contribution in [0.5, 0.6) is 11.5 Å². The summed E-state index contributed by atoms with van der Waals surface area (Å²) in [7, 11) is 0. The van der Waals surface area contributed by atoms with Gasteiger partial charge in [0.25, 0.3) is 0 Å². The van der Waals surface area contributed by atoms with Gasteiger partial charge in [-0.05, 0) is 40.2 Å². The molecule has 2 aromatic rings. The molecule has 0 aliphatic carbocycles. The van der Waals surface area contributed by atoms with Crippen molar-refractivity contribution in [2.24, 2.45) is 0 Å². The number of ether oxygens (including phenoxy) is 1. The third-order valence-corrected chi connectivity index (χ3v) is 3.28. The van der Waals surface area contributed by atoms with E-state index in [2.05, 4.69) is 15.9 Å². The van der Waals surface area contributed by atoms with Crippen LogP contribution in [0.25, 0.3) is 0 Å². The van der Waals surface area contributed by atoms with E-state index in [0.717, 1.165) is 18.2 Å². The molecule has 0 fully saturated rings. The molecule has 0 saturated heterocycles. The molecule has 0 aromatic heterocycles. The summed E-state index contributed by atoms with van der Waals surface area (Å²) >= 11 is 8.68. The van der Waals surface area contributed by atoms with Gasteiger partial charge in [0.1, 0.15) is 11.6 Å². The molecule has 0 atom stereocenters. The van der Waals surface area contributed by atoms with Crippen LogP contribution in [0.4, 0.5) is 8.78 Å². The average Bonchev–Trinajstić information content (AvgIpc) is 2.37. The molecule has 7 heteroatoms. The second kappa shape index (κ2) is 5.76. The van der Waals surface area contributed by atoms with Crippen LogP contribution in [0.3, 0.4) is 0 Å². The molecular formula is C13H6BrClF2O3. The number of carbonyl (C=O) groups is 1. The molecule has 0 spiro atoms. The summed E-state index contributed by atoms with van der Waals surface area (Å²) in [6, 6.07) is 5.42. The second-order valence-corrected chi connectivity index (χ2v) is 5.01. The lowest BCUT2D eigenvalue weighted by Crippen LogP contribution is -1.98. The molecule has 0 aliphatic heterocycles. The van der Waals surface area contributed by atoms with Gasteiger partial charge in [-0.2, -0.15) is 0 Å². The Hall–Kier alpha value is -1.66. The number of hydrogen-bond acceptors (Lipinski definition) is 2. The number of carboxylic acids is 1. The molecule has 104 valence electrons. The number of aromatic carboxylic acids is 1. The summed E-state index contributed by atoms with van der Waals surface area (Å²) < 4.78 is 32.5. The summed E-state index contributed by atoms with van der Waals surface area (Å²) in [6.45, 7) is 0. The van der Waals surface area contributed by atoms with Crippen molar-refractivity contribution in [1.82, 2.24) is 0 Å². The second-order valence-electron chi connectivity index (χ2n) is 3.75. The zero-order chi connectivity index (χ0) is 14.9. The zero-order valence-corrected chi connectivity index (χ0v) is 12.0. The minimum Gasteiger partial charge on any atom is -0.478 e. The van der Waals surface area contributed by atoms with E-state index >= 15 is 0 Å². The molecule has 0 unspecified atom stereocenters. The molecule has 2 aromatic carbocycles. The molecule has 20 heavy (non-hydrogen) atoms. The van der Waals surface area contributed by atoms with Gasteiger partial charge in [0.05, 0.1) is 15.1 Å². The SMILES string of the molecule is O=C(O)c1ccc(Oc2cc(F)c(Cl)cc2Br)c(F)c1. The molecule has 2 rings (SSSR count). The maximum atomic E-state index is 13.7. The van der Waals surface area contributed by atoms with E-state index in [1.165, 1.54) is 12.1 Å². The lowest BCUT2D eigenvalue weighted by atomic mass is 10.2. The number of rotatable bonds is 3. The Balaban J connectivity index is 2.35. The predicted octanol–water partition coefficient (Wildman–Crippen LogP) is 4.87. The highest BCUT2D eigenvalue weighted by atomic mass is 79.9. The van der Waals surface area contributed by atoms with Crippen molar-refractivity contribution in [2.45, 2.75) is 0 Å². The van der Waals surface area contributed by atoms with Crippen LogP contribution in [-0.2, 0) is 0 Å². The quantitative estimate of drug-likeness (QED) is 0.791. The summed E-state index contributed by atoms with van der Waals surface area (Å²) in [5.74, 6) is -3.04. The molecule has 0 amide bonds. The van der Waals surface area contributed by atoms with Gasteiger partial charge in [0.15, 0.2) is 11.6 Å². The Morgan fingerprint density at radius 1 is 1.15 bits per heavy atom. The van der Waals surface area contributed by atoms with Crippen molar-refractivity contribution < 1.29 is 23.4 Å². The number of hydrogen-bond donors (Lipinski definition) is 1. The summed E-state index contributed by atoms with van der Waals surface area (Å²) in [5, 5.41) is 8.62. The molecule has 0 saturated carbocycles. The van der Waals surface area contributed by atoms with Gasteiger partial charge in [0, 0.05) is 6.07 Å². The van der Waals surface area contributed by atoms with Crippen molar-refractivity contribution in [2.75, 3.05) is 0 Å². The maximum absolute atomic E-state index is 13.7. The first-order valence-electron chi connectivity index (χ1n) is 5.23. The van der Waals surface area contributed by atoms with E-state index < -0.39 is 17.6 Å². The van der Waals surface area contributed by atoms with Gasteiger partial charge in [0.2, 0.25) is 0 Å². The van der Waals surface area contributed by atoms with Crippen LogP contribution in [0.2, 0.25) is 5.02 Å². The first kappa shape index (κ1) is 14.7. The monoisotopic (exact) mass is 362 g/mol. The van der Waals surface area contributed by atoms with Crippen LogP contribution < -0.4 is 4.74 Å². The third-order valence-electron chi connectivity index (χ3n) is 2.37. The van der Waals surface area contributed by atoms with Crippen molar-refractivity contribution >= 4 is 33.5 Å². The normalized spacial score (nSPS) is 10.4. The maximum Gasteiger partial charge on any atom is 0.335 e. The predicted molar refractivity (Wildman–Crippen MR) is 72.5 cm³/mol. The standard InChI is InChI=1S/C13H6BrClF2O3/c14-7-4-8(15)9(16)5-12(7)20-11-2-1-6(13(18)19)3-10(11)17/h1-5H,(H,18,19). The molecule has 0 bridgehead atoms. The van der Waals surface area contributed by atoms with E-state index in [4.69, 9.17) is 21.4 Å². The Kier molecular flexibility index (Phi) is 4.25. The van der Waals surface area contributed by atoms with Crippen molar-refractivity contribution in [1.29, 1.82) is 0 Å². The Morgan fingerprint density at radius 2 is 1.85 bits per heavy atom. The highest BCUT2D eigenvalue weighted by Gasteiger charge is 2.13. The fourth-order valence-corrected chi connectivity index (χ4v) is 2.14. The smallest absolute Gasteiger partial charge is 0.335 e. The highest BCUT2D eigenvalue weighted by molar-refractivity contribution is 9.10. The number of carboxylic acid groups (broad SMARTS) is 1. The third kappa shape index (κ3) is 3.08. The first-order valence-corrected chi connectivity index (χ1v) is 6.41. The van der Waals surface area contributed by atoms with Crippen molar-refractivity contribution in [3.8, 4) is 11.5 Å². The van der Waals surface area contributed by atoms with Crippen LogP contribution in [0, 0.1) is 11.6 Å². The number of halogens is 4. The van der Waals surface area contributed by atoms with E-state index in [9.17, 15) is 13.6 Å². The molecule has 0 heterocycles. The largest absolute Gasteiger partial charge is 0.478 e. The lowest BCUT2D eigenvalue weighted by Gasteiger charge is -2.09. The molecule has 1 N–H and O–H groups in total. The molecular weight excluding hydrogens is 357 g/mol. The van der Waals surface area contributed by atoms with E-state index in [1.54, 1.807) is 0 Å². The summed E-state index contributed by atoms with van der Waals surface area (Å²) in [5.41, 5.74) is -0.212. The van der Waals surface area contributed by atoms with Crippen LogP contribution >= 0.6 is 27.5 Å². The van der Waals surface area contributed by atoms with Crippen LogP contribution in [0.1, 0.15) is 10.4 Å². The van der Waals surface area contributed by atoms with Gasteiger partial charge < -0.3 is 9.84 Å². The fourth-order valence-electron chi connectivity index (χ4n) is 1.42. The van der Waals surface area contributed by atoms with Gasteiger partial charge in [-0.1, -0.05) is 11.6 Å². The Bertz CT molecular complexity index is 692.